The number of nitrogens with zero attached hydrogens (tertiary/aromatic N) is 1. The minimum Gasteiger partial charge on any atom is -0.492 e. The van der Waals surface area contributed by atoms with Gasteiger partial charge in [0, 0.05) is 6.54 Å². The lowest BCUT2D eigenvalue weighted by Gasteiger charge is -2.19. The lowest BCUT2D eigenvalue weighted by atomic mass is 10.1. The molecule has 1 heterocycles. The van der Waals surface area contributed by atoms with Crippen molar-refractivity contribution in [2.24, 2.45) is 0 Å². The standard InChI is InChI=1S/C20H25NO.C2H6/c1-2-7-15-21(14-6-1)16-17-22-20-12-10-19(11-13-20)18-8-4-3-5-9-18;1-2/h3-5,8-13H,1-2,6-7,14-17H2;1-2H3. The van der Waals surface area contributed by atoms with Gasteiger partial charge in [-0.25, -0.2) is 0 Å². The molecule has 0 N–H and O–H groups in total. The van der Waals surface area contributed by atoms with Crippen molar-refractivity contribution < 1.29 is 4.74 Å². The van der Waals surface area contributed by atoms with E-state index in [1.54, 1.807) is 0 Å². The van der Waals surface area contributed by atoms with Gasteiger partial charge < -0.3 is 4.74 Å². The molecule has 1 saturated heterocycles. The predicted molar refractivity (Wildman–Crippen MR) is 104 cm³/mol. The van der Waals surface area contributed by atoms with E-state index in [1.807, 2.05) is 19.9 Å². The molecule has 2 nitrogen and oxygen atoms in total. The number of likely N-dealkylation sites (tertiary alicyclic amines) is 1. The van der Waals surface area contributed by atoms with Crippen LogP contribution in [-0.2, 0) is 0 Å². The van der Waals surface area contributed by atoms with Crippen LogP contribution < -0.4 is 4.74 Å². The number of benzene rings is 2. The average Bonchev–Trinajstić information content (AvgIpc) is 2.94. The largest absolute Gasteiger partial charge is 0.492 e. The summed E-state index contributed by atoms with van der Waals surface area (Å²) in [5, 5.41) is 0. The van der Waals surface area contributed by atoms with Gasteiger partial charge in [-0.05, 0) is 49.2 Å². The third-order valence-electron chi connectivity index (χ3n) is 4.34. The lowest BCUT2D eigenvalue weighted by molar-refractivity contribution is 0.214. The van der Waals surface area contributed by atoms with Gasteiger partial charge in [0.25, 0.3) is 0 Å². The van der Waals surface area contributed by atoms with Crippen LogP contribution >= 0.6 is 0 Å². The van der Waals surface area contributed by atoms with Gasteiger partial charge in [-0.15, -0.1) is 0 Å². The first-order chi connectivity index (χ1) is 11.9. The van der Waals surface area contributed by atoms with E-state index in [-0.39, 0.29) is 0 Å². The maximum atomic E-state index is 5.90. The minimum absolute atomic E-state index is 0.782. The Hall–Kier alpha value is -1.80. The van der Waals surface area contributed by atoms with Crippen LogP contribution in [0.1, 0.15) is 39.5 Å². The Labute approximate surface area is 147 Å². The van der Waals surface area contributed by atoms with Crippen LogP contribution in [0.2, 0.25) is 0 Å². The Kier molecular flexibility index (Phi) is 8.40. The maximum Gasteiger partial charge on any atom is 0.119 e. The normalized spacial score (nSPS) is 15.1. The Morgan fingerprint density at radius 3 is 1.96 bits per heavy atom. The van der Waals surface area contributed by atoms with Crippen LogP contribution in [0.5, 0.6) is 5.75 Å². The van der Waals surface area contributed by atoms with Crippen molar-refractivity contribution in [2.75, 3.05) is 26.2 Å². The van der Waals surface area contributed by atoms with Crippen molar-refractivity contribution in [3.8, 4) is 16.9 Å². The summed E-state index contributed by atoms with van der Waals surface area (Å²) in [7, 11) is 0. The molecule has 2 heteroatoms. The van der Waals surface area contributed by atoms with Crippen LogP contribution in [0.15, 0.2) is 54.6 Å². The zero-order valence-corrected chi connectivity index (χ0v) is 15.2. The third kappa shape index (κ3) is 6.01. The van der Waals surface area contributed by atoms with Gasteiger partial charge in [0.15, 0.2) is 0 Å². The highest BCUT2D eigenvalue weighted by atomic mass is 16.5. The summed E-state index contributed by atoms with van der Waals surface area (Å²) in [5.41, 5.74) is 2.49. The molecule has 0 saturated carbocycles. The monoisotopic (exact) mass is 325 g/mol. The van der Waals surface area contributed by atoms with Gasteiger partial charge >= 0.3 is 0 Å². The molecule has 0 atom stereocenters. The van der Waals surface area contributed by atoms with E-state index < -0.39 is 0 Å². The fraction of sp³-hybridized carbons (Fsp3) is 0.455. The molecule has 3 rings (SSSR count). The van der Waals surface area contributed by atoms with Crippen LogP contribution in [-0.4, -0.2) is 31.1 Å². The number of ether oxygens (including phenoxy) is 1. The predicted octanol–water partition coefficient (Wildman–Crippen LogP) is 5.63. The van der Waals surface area contributed by atoms with Crippen LogP contribution in [0.4, 0.5) is 0 Å². The van der Waals surface area contributed by atoms with E-state index in [0.29, 0.717) is 0 Å². The molecule has 0 amide bonds. The van der Waals surface area contributed by atoms with Gasteiger partial charge in [-0.1, -0.05) is 69.2 Å². The van der Waals surface area contributed by atoms with Gasteiger partial charge in [-0.2, -0.15) is 0 Å². The van der Waals surface area contributed by atoms with Crippen molar-refractivity contribution in [3.05, 3.63) is 54.6 Å². The van der Waals surface area contributed by atoms with Crippen molar-refractivity contribution >= 4 is 0 Å². The van der Waals surface area contributed by atoms with Gasteiger partial charge in [-0.3, -0.25) is 4.90 Å². The van der Waals surface area contributed by atoms with Crippen molar-refractivity contribution in [1.29, 1.82) is 0 Å². The second kappa shape index (κ2) is 10.9. The Morgan fingerprint density at radius 2 is 1.33 bits per heavy atom. The summed E-state index contributed by atoms with van der Waals surface area (Å²) in [6, 6.07) is 18.9. The number of hydrogen-bond acceptors (Lipinski definition) is 2. The fourth-order valence-corrected chi connectivity index (χ4v) is 3.03. The zero-order chi connectivity index (χ0) is 17.0. The molecule has 2 aromatic carbocycles. The molecule has 0 aromatic heterocycles. The van der Waals surface area contributed by atoms with E-state index in [2.05, 4.69) is 53.4 Å². The SMILES string of the molecule is CC.c1ccc(-c2ccc(OCCN3CCCCCC3)cc2)cc1. The number of rotatable bonds is 5. The highest BCUT2D eigenvalue weighted by Crippen LogP contribution is 2.22. The molecule has 1 aliphatic rings. The number of hydrogen-bond donors (Lipinski definition) is 0. The van der Waals surface area contributed by atoms with Crippen LogP contribution in [0.3, 0.4) is 0 Å². The molecule has 0 spiro atoms. The maximum absolute atomic E-state index is 5.90. The summed E-state index contributed by atoms with van der Waals surface area (Å²) in [4.78, 5) is 2.53. The van der Waals surface area contributed by atoms with Crippen molar-refractivity contribution in [2.45, 2.75) is 39.5 Å². The first-order valence-electron chi connectivity index (χ1n) is 9.42. The fourth-order valence-electron chi connectivity index (χ4n) is 3.03. The Morgan fingerprint density at radius 1 is 0.750 bits per heavy atom. The molecule has 0 bridgehead atoms. The second-order valence-electron chi connectivity index (χ2n) is 5.99. The molecule has 2 aromatic rings. The van der Waals surface area contributed by atoms with Crippen LogP contribution in [0, 0.1) is 0 Å². The van der Waals surface area contributed by atoms with E-state index in [4.69, 9.17) is 4.74 Å². The highest BCUT2D eigenvalue weighted by molar-refractivity contribution is 5.63. The summed E-state index contributed by atoms with van der Waals surface area (Å²) in [6.45, 7) is 8.29. The first kappa shape index (κ1) is 18.5. The van der Waals surface area contributed by atoms with Crippen molar-refractivity contribution in [1.82, 2.24) is 4.90 Å². The molecule has 0 unspecified atom stereocenters. The van der Waals surface area contributed by atoms with E-state index in [1.165, 1.54) is 49.9 Å². The molecule has 1 fully saturated rings. The quantitative estimate of drug-likeness (QED) is 0.706. The topological polar surface area (TPSA) is 12.5 Å². The summed E-state index contributed by atoms with van der Waals surface area (Å²) in [5.74, 6) is 0.967. The van der Waals surface area contributed by atoms with Gasteiger partial charge in [0.2, 0.25) is 0 Å². The summed E-state index contributed by atoms with van der Waals surface area (Å²) in [6.07, 6.45) is 5.45. The molecule has 24 heavy (non-hydrogen) atoms. The second-order valence-corrected chi connectivity index (χ2v) is 5.99. The van der Waals surface area contributed by atoms with E-state index >= 15 is 0 Å². The molecule has 1 aliphatic heterocycles. The first-order valence-corrected chi connectivity index (χ1v) is 9.42. The molecule has 0 radical (unpaired) electrons. The summed E-state index contributed by atoms with van der Waals surface area (Å²) >= 11 is 0. The van der Waals surface area contributed by atoms with Crippen LogP contribution in [0.25, 0.3) is 11.1 Å². The third-order valence-corrected chi connectivity index (χ3v) is 4.34. The van der Waals surface area contributed by atoms with E-state index in [0.717, 1.165) is 18.9 Å². The molecular formula is C22H31NO. The van der Waals surface area contributed by atoms with Gasteiger partial charge in [0.05, 0.1) is 0 Å². The Bertz CT molecular complexity index is 542. The van der Waals surface area contributed by atoms with Crippen molar-refractivity contribution in [3.63, 3.8) is 0 Å². The lowest BCUT2D eigenvalue weighted by Crippen LogP contribution is -2.29. The van der Waals surface area contributed by atoms with Gasteiger partial charge in [0.1, 0.15) is 12.4 Å². The molecule has 0 aliphatic carbocycles. The molecule has 130 valence electrons. The average molecular weight is 325 g/mol. The zero-order valence-electron chi connectivity index (χ0n) is 15.2. The Balaban J connectivity index is 0.00000100. The summed E-state index contributed by atoms with van der Waals surface area (Å²) < 4.78 is 5.90. The smallest absolute Gasteiger partial charge is 0.119 e. The molecular weight excluding hydrogens is 294 g/mol. The highest BCUT2D eigenvalue weighted by Gasteiger charge is 2.08. The minimum atomic E-state index is 0.782. The van der Waals surface area contributed by atoms with E-state index in [9.17, 15) is 0 Å².